The Morgan fingerprint density at radius 3 is 2.79 bits per heavy atom. The third-order valence-corrected chi connectivity index (χ3v) is 3.56. The lowest BCUT2D eigenvalue weighted by molar-refractivity contribution is 0.751. The molecule has 100 valence electrons. The predicted molar refractivity (Wildman–Crippen MR) is 79.3 cm³/mol. The van der Waals surface area contributed by atoms with Crippen molar-refractivity contribution >= 4 is 17.3 Å². The second-order valence-corrected chi connectivity index (χ2v) is 5.41. The first-order valence-electron chi connectivity index (χ1n) is 6.73. The second-order valence-electron chi connectivity index (χ2n) is 5.41. The van der Waals surface area contributed by atoms with Gasteiger partial charge in [0.15, 0.2) is 0 Å². The largest absolute Gasteiger partial charge is 0.377 e. The van der Waals surface area contributed by atoms with Crippen LogP contribution in [0.4, 0.5) is 17.3 Å². The van der Waals surface area contributed by atoms with Gasteiger partial charge < -0.3 is 14.8 Å². The molecular weight excluding hydrogens is 236 g/mol. The molecule has 0 aliphatic heterocycles. The lowest BCUT2D eigenvalue weighted by Gasteiger charge is -2.17. The summed E-state index contributed by atoms with van der Waals surface area (Å²) in [6.45, 7) is 2.13. The van der Waals surface area contributed by atoms with Gasteiger partial charge in [0.2, 0.25) is 5.95 Å². The first-order chi connectivity index (χ1) is 9.15. The first-order valence-corrected chi connectivity index (χ1v) is 6.73. The molecule has 1 aliphatic carbocycles. The predicted octanol–water partition coefficient (Wildman–Crippen LogP) is 3.34. The van der Waals surface area contributed by atoms with Gasteiger partial charge in [0, 0.05) is 43.9 Å². The van der Waals surface area contributed by atoms with Crippen LogP contribution < -0.4 is 10.2 Å². The lowest BCUT2D eigenvalue weighted by atomic mass is 10.1. The van der Waals surface area contributed by atoms with Crippen LogP contribution in [0.2, 0.25) is 0 Å². The summed E-state index contributed by atoms with van der Waals surface area (Å²) in [6, 6.07) is 7.06. The summed E-state index contributed by atoms with van der Waals surface area (Å²) >= 11 is 0. The molecule has 1 fully saturated rings. The fraction of sp³-hybridized carbons (Fsp3) is 0.400. The number of hydrogen-bond donors (Lipinski definition) is 1. The maximum Gasteiger partial charge on any atom is 0.207 e. The summed E-state index contributed by atoms with van der Waals surface area (Å²) in [5, 5.41) is 3.42. The van der Waals surface area contributed by atoms with E-state index < -0.39 is 0 Å². The van der Waals surface area contributed by atoms with Crippen LogP contribution in [0, 0.1) is 6.92 Å². The van der Waals surface area contributed by atoms with E-state index in [1.54, 1.807) is 0 Å². The Labute approximate surface area is 114 Å². The quantitative estimate of drug-likeness (QED) is 0.910. The zero-order valence-corrected chi connectivity index (χ0v) is 11.7. The van der Waals surface area contributed by atoms with Gasteiger partial charge in [-0.15, -0.1) is 0 Å². The number of nitrogens with zero attached hydrogens (tertiary/aromatic N) is 3. The number of anilines is 3. The summed E-state index contributed by atoms with van der Waals surface area (Å²) in [7, 11) is 4.13. The van der Waals surface area contributed by atoms with E-state index >= 15 is 0 Å². The molecule has 0 unspecified atom stereocenters. The molecule has 2 aromatic rings. The topological polar surface area (TPSA) is 33.1 Å². The zero-order chi connectivity index (χ0) is 13.4. The Morgan fingerprint density at radius 1 is 1.32 bits per heavy atom. The van der Waals surface area contributed by atoms with E-state index in [-0.39, 0.29) is 0 Å². The van der Waals surface area contributed by atoms with Gasteiger partial charge in [-0.25, -0.2) is 4.98 Å². The summed E-state index contributed by atoms with van der Waals surface area (Å²) in [4.78, 5) is 6.54. The van der Waals surface area contributed by atoms with Crippen molar-refractivity contribution in [3.63, 3.8) is 0 Å². The van der Waals surface area contributed by atoms with Crippen molar-refractivity contribution in [2.24, 2.45) is 0 Å². The fourth-order valence-corrected chi connectivity index (χ4v) is 2.36. The Kier molecular flexibility index (Phi) is 2.93. The van der Waals surface area contributed by atoms with Crippen molar-refractivity contribution < 1.29 is 0 Å². The van der Waals surface area contributed by atoms with E-state index in [0.29, 0.717) is 6.04 Å². The lowest BCUT2D eigenvalue weighted by Crippen LogP contribution is -2.10. The third-order valence-electron chi connectivity index (χ3n) is 3.56. The van der Waals surface area contributed by atoms with E-state index in [0.717, 1.165) is 11.6 Å². The van der Waals surface area contributed by atoms with E-state index in [9.17, 15) is 0 Å². The monoisotopic (exact) mass is 256 g/mol. The standard InChI is InChI=1S/C15H20N4/c1-11-4-5-12(10-14(11)18(2)3)17-15-16-8-9-19(15)13-6-7-13/h4-5,8-10,13H,6-7H2,1-3H3,(H,16,17). The highest BCUT2D eigenvalue weighted by atomic mass is 15.2. The number of aromatic nitrogens is 2. The molecule has 1 aromatic carbocycles. The highest BCUT2D eigenvalue weighted by Gasteiger charge is 2.25. The molecule has 1 aliphatic rings. The smallest absolute Gasteiger partial charge is 0.207 e. The maximum atomic E-state index is 4.41. The van der Waals surface area contributed by atoms with Crippen LogP contribution in [0.15, 0.2) is 30.6 Å². The fourth-order valence-electron chi connectivity index (χ4n) is 2.36. The van der Waals surface area contributed by atoms with Gasteiger partial charge in [0.05, 0.1) is 0 Å². The Hall–Kier alpha value is -1.97. The van der Waals surface area contributed by atoms with Crippen molar-refractivity contribution in [2.75, 3.05) is 24.3 Å². The molecule has 19 heavy (non-hydrogen) atoms. The molecule has 1 aromatic heterocycles. The van der Waals surface area contributed by atoms with Crippen LogP contribution >= 0.6 is 0 Å². The molecule has 1 saturated carbocycles. The maximum absolute atomic E-state index is 4.41. The highest BCUT2D eigenvalue weighted by Crippen LogP contribution is 2.37. The molecule has 0 amide bonds. The Morgan fingerprint density at radius 2 is 2.11 bits per heavy atom. The number of nitrogens with one attached hydrogen (secondary N) is 1. The molecule has 4 nitrogen and oxygen atoms in total. The highest BCUT2D eigenvalue weighted by molar-refractivity contribution is 5.65. The first kappa shape index (κ1) is 12.1. The van der Waals surface area contributed by atoms with Crippen LogP contribution in [0.5, 0.6) is 0 Å². The second kappa shape index (κ2) is 4.61. The van der Waals surface area contributed by atoms with Crippen molar-refractivity contribution in [3.05, 3.63) is 36.2 Å². The van der Waals surface area contributed by atoms with Gasteiger partial charge in [-0.05, 0) is 37.5 Å². The molecule has 0 saturated heterocycles. The van der Waals surface area contributed by atoms with Gasteiger partial charge in [0.25, 0.3) is 0 Å². The summed E-state index contributed by atoms with van der Waals surface area (Å²) in [6.07, 6.45) is 6.45. The van der Waals surface area contributed by atoms with Crippen molar-refractivity contribution in [1.29, 1.82) is 0 Å². The third kappa shape index (κ3) is 2.43. The van der Waals surface area contributed by atoms with Crippen LogP contribution in [-0.4, -0.2) is 23.6 Å². The molecule has 0 spiro atoms. The molecule has 0 bridgehead atoms. The van der Waals surface area contributed by atoms with Gasteiger partial charge in [-0.1, -0.05) is 6.07 Å². The number of benzene rings is 1. The van der Waals surface area contributed by atoms with Gasteiger partial charge in [0.1, 0.15) is 0 Å². The average Bonchev–Trinajstić information content (AvgIpc) is 3.12. The number of aryl methyl sites for hydroxylation is 1. The molecule has 4 heteroatoms. The van der Waals surface area contributed by atoms with E-state index in [2.05, 4.69) is 65.2 Å². The van der Waals surface area contributed by atoms with Crippen LogP contribution in [0.1, 0.15) is 24.4 Å². The van der Waals surface area contributed by atoms with Gasteiger partial charge in [-0.3, -0.25) is 0 Å². The normalized spacial score (nSPS) is 14.5. The van der Waals surface area contributed by atoms with Gasteiger partial charge >= 0.3 is 0 Å². The molecular formula is C15H20N4. The van der Waals surface area contributed by atoms with Crippen molar-refractivity contribution in [1.82, 2.24) is 9.55 Å². The Balaban J connectivity index is 1.86. The minimum absolute atomic E-state index is 0.642. The van der Waals surface area contributed by atoms with Crippen LogP contribution in [-0.2, 0) is 0 Å². The number of rotatable bonds is 4. The molecule has 1 N–H and O–H groups in total. The molecule has 0 atom stereocenters. The Bertz CT molecular complexity index is 582. The van der Waals surface area contributed by atoms with Crippen LogP contribution in [0.3, 0.4) is 0 Å². The number of hydrogen-bond acceptors (Lipinski definition) is 3. The SMILES string of the molecule is Cc1ccc(Nc2nccn2C2CC2)cc1N(C)C. The zero-order valence-electron chi connectivity index (χ0n) is 11.7. The molecule has 1 heterocycles. The molecule has 3 rings (SSSR count). The van der Waals surface area contributed by atoms with E-state index in [1.807, 2.05) is 6.20 Å². The van der Waals surface area contributed by atoms with Gasteiger partial charge in [-0.2, -0.15) is 0 Å². The summed E-state index contributed by atoms with van der Waals surface area (Å²) in [5.41, 5.74) is 3.60. The molecule has 0 radical (unpaired) electrons. The minimum Gasteiger partial charge on any atom is -0.377 e. The minimum atomic E-state index is 0.642. The average molecular weight is 256 g/mol. The van der Waals surface area contributed by atoms with Crippen molar-refractivity contribution in [3.8, 4) is 0 Å². The summed E-state index contributed by atoms with van der Waals surface area (Å²) in [5.74, 6) is 0.941. The number of imidazole rings is 1. The van der Waals surface area contributed by atoms with Crippen molar-refractivity contribution in [2.45, 2.75) is 25.8 Å². The van der Waals surface area contributed by atoms with E-state index in [4.69, 9.17) is 0 Å². The van der Waals surface area contributed by atoms with E-state index in [1.165, 1.54) is 24.1 Å². The summed E-state index contributed by atoms with van der Waals surface area (Å²) < 4.78 is 2.23. The van der Waals surface area contributed by atoms with Crippen LogP contribution in [0.25, 0.3) is 0 Å².